The third kappa shape index (κ3) is 1.48. The molecule has 0 fully saturated rings. The van der Waals surface area contributed by atoms with Crippen LogP contribution < -0.4 is 0 Å². The number of hydrogen-bond donors (Lipinski definition) is 0. The second-order valence-corrected chi connectivity index (χ2v) is 4.20. The molecule has 1 atom stereocenters. The minimum atomic E-state index is -0.247. The second kappa shape index (κ2) is 3.27. The molecule has 0 aromatic heterocycles. The lowest BCUT2D eigenvalue weighted by Gasteiger charge is -1.98. The number of fused-ring (bicyclic) bond motifs is 1. The van der Waals surface area contributed by atoms with Crippen molar-refractivity contribution >= 4 is 28.1 Å². The number of halogens is 1. The van der Waals surface area contributed by atoms with Crippen molar-refractivity contribution in [3.63, 3.8) is 0 Å². The third-order valence-electron chi connectivity index (χ3n) is 2.15. The molecule has 1 aromatic rings. The highest BCUT2D eigenvalue weighted by molar-refractivity contribution is 8.27. The molecule has 1 aromatic carbocycles. The quantitative estimate of drug-likeness (QED) is 0.712. The van der Waals surface area contributed by atoms with Gasteiger partial charge in [-0.15, -0.1) is 5.10 Å². The fourth-order valence-corrected chi connectivity index (χ4v) is 2.38. The van der Waals surface area contributed by atoms with Crippen molar-refractivity contribution in [1.82, 2.24) is 0 Å². The maximum Gasteiger partial charge on any atom is 0.138 e. The van der Waals surface area contributed by atoms with Gasteiger partial charge in [0, 0.05) is 5.56 Å². The minimum absolute atomic E-state index is 0.0479. The molecule has 2 aliphatic heterocycles. The van der Waals surface area contributed by atoms with E-state index in [9.17, 15) is 4.39 Å². The van der Waals surface area contributed by atoms with E-state index in [-0.39, 0.29) is 11.9 Å². The molecule has 15 heavy (non-hydrogen) atoms. The lowest BCUT2D eigenvalue weighted by atomic mass is 10.2. The normalized spacial score (nSPS) is 22.6. The molecule has 0 unspecified atom stereocenters. The number of hydrogen-bond acceptors (Lipinski definition) is 4. The Kier molecular flexibility index (Phi) is 1.92. The van der Waals surface area contributed by atoms with Gasteiger partial charge in [-0.1, -0.05) is 12.1 Å². The molecule has 2 aliphatic rings. The number of rotatable bonds is 1. The Balaban J connectivity index is 1.97. The summed E-state index contributed by atoms with van der Waals surface area (Å²) in [6.45, 7) is 0. The second-order valence-electron chi connectivity index (χ2n) is 3.19. The lowest BCUT2D eigenvalue weighted by Crippen LogP contribution is -2.06. The van der Waals surface area contributed by atoms with Crippen LogP contribution in [0.2, 0.25) is 0 Å². The van der Waals surface area contributed by atoms with Crippen molar-refractivity contribution in [2.45, 2.75) is 6.04 Å². The highest BCUT2D eigenvalue weighted by atomic mass is 32.2. The van der Waals surface area contributed by atoms with Crippen molar-refractivity contribution in [3.8, 4) is 0 Å². The molecular formula is C10H6FN3S. The first-order valence-electron chi connectivity index (χ1n) is 4.45. The van der Waals surface area contributed by atoms with E-state index >= 15 is 0 Å². The molecular weight excluding hydrogens is 213 g/mol. The van der Waals surface area contributed by atoms with E-state index in [4.69, 9.17) is 0 Å². The van der Waals surface area contributed by atoms with Gasteiger partial charge in [0.15, 0.2) is 0 Å². The van der Waals surface area contributed by atoms with Gasteiger partial charge >= 0.3 is 0 Å². The molecule has 0 amide bonds. The summed E-state index contributed by atoms with van der Waals surface area (Å²) in [4.78, 5) is 4.39. The summed E-state index contributed by atoms with van der Waals surface area (Å²) in [5.41, 5.74) is 0.797. The van der Waals surface area contributed by atoms with E-state index in [0.717, 1.165) is 15.7 Å². The molecule has 0 aliphatic carbocycles. The number of nitrogens with zero attached hydrogens (tertiary/aromatic N) is 3. The van der Waals surface area contributed by atoms with Crippen LogP contribution in [0.25, 0.3) is 0 Å². The standard InChI is InChI=1S/C10H6FN3S/c11-7-3-1-2-6(4-7)9-13-8-5-12-14-10(8)15-9/h1-5,8H/t8-/m0/s1. The Bertz CT molecular complexity index is 507. The minimum Gasteiger partial charge on any atom is -0.261 e. The monoisotopic (exact) mass is 219 g/mol. The lowest BCUT2D eigenvalue weighted by molar-refractivity contribution is 0.627. The van der Waals surface area contributed by atoms with Gasteiger partial charge in [-0.3, -0.25) is 4.99 Å². The van der Waals surface area contributed by atoms with Crippen LogP contribution in [-0.2, 0) is 0 Å². The fourth-order valence-electron chi connectivity index (χ4n) is 1.45. The van der Waals surface area contributed by atoms with Crippen LogP contribution in [0.4, 0.5) is 4.39 Å². The van der Waals surface area contributed by atoms with Crippen LogP contribution in [0.15, 0.2) is 39.5 Å². The van der Waals surface area contributed by atoms with Gasteiger partial charge in [-0.25, -0.2) is 4.39 Å². The van der Waals surface area contributed by atoms with Crippen LogP contribution in [0.5, 0.6) is 0 Å². The topological polar surface area (TPSA) is 37.1 Å². The fraction of sp³-hybridized carbons (Fsp3) is 0.100. The highest BCUT2D eigenvalue weighted by Gasteiger charge is 2.28. The maximum atomic E-state index is 13.0. The number of thioether (sulfide) groups is 1. The highest BCUT2D eigenvalue weighted by Crippen LogP contribution is 2.28. The first-order chi connectivity index (χ1) is 7.33. The average Bonchev–Trinajstić information content (AvgIpc) is 2.76. The zero-order valence-electron chi connectivity index (χ0n) is 7.59. The summed E-state index contributed by atoms with van der Waals surface area (Å²) >= 11 is 1.45. The predicted octanol–water partition coefficient (Wildman–Crippen LogP) is 2.09. The van der Waals surface area contributed by atoms with Crippen molar-refractivity contribution in [2.24, 2.45) is 15.2 Å². The Morgan fingerprint density at radius 3 is 3.07 bits per heavy atom. The zero-order valence-corrected chi connectivity index (χ0v) is 8.41. The Morgan fingerprint density at radius 2 is 2.27 bits per heavy atom. The van der Waals surface area contributed by atoms with E-state index in [1.165, 1.54) is 23.9 Å². The molecule has 0 spiro atoms. The summed E-state index contributed by atoms with van der Waals surface area (Å²) in [6, 6.07) is 6.37. The SMILES string of the molecule is Fc1cccc(C2=N[C@H]3C=NN=C3S2)c1. The molecule has 0 N–H and O–H groups in total. The van der Waals surface area contributed by atoms with Crippen molar-refractivity contribution in [3.05, 3.63) is 35.6 Å². The molecule has 74 valence electrons. The number of aliphatic imine (C=N–C) groups is 1. The van der Waals surface area contributed by atoms with Crippen LogP contribution in [0, 0.1) is 5.82 Å². The van der Waals surface area contributed by atoms with Crippen molar-refractivity contribution < 1.29 is 4.39 Å². The van der Waals surface area contributed by atoms with Gasteiger partial charge in [0.25, 0.3) is 0 Å². The molecule has 0 bridgehead atoms. The van der Waals surface area contributed by atoms with Crippen LogP contribution in [-0.4, -0.2) is 22.3 Å². The summed E-state index contributed by atoms with van der Waals surface area (Å²) in [5, 5.41) is 9.39. The third-order valence-corrected chi connectivity index (χ3v) is 3.21. The molecule has 3 rings (SSSR count). The van der Waals surface area contributed by atoms with Crippen molar-refractivity contribution in [2.75, 3.05) is 0 Å². The molecule has 3 nitrogen and oxygen atoms in total. The first-order valence-corrected chi connectivity index (χ1v) is 5.27. The summed E-state index contributed by atoms with van der Waals surface area (Å²) in [5.74, 6) is -0.247. The molecule has 0 saturated carbocycles. The molecule has 0 radical (unpaired) electrons. The molecule has 5 heteroatoms. The van der Waals surface area contributed by atoms with Gasteiger partial charge < -0.3 is 0 Å². The average molecular weight is 219 g/mol. The van der Waals surface area contributed by atoms with Crippen LogP contribution in [0.1, 0.15) is 5.56 Å². The van der Waals surface area contributed by atoms with E-state index in [1.54, 1.807) is 12.3 Å². The maximum absolute atomic E-state index is 13.0. The predicted molar refractivity (Wildman–Crippen MR) is 60.2 cm³/mol. The van der Waals surface area contributed by atoms with Gasteiger partial charge in [-0.2, -0.15) is 5.10 Å². The summed E-state index contributed by atoms with van der Waals surface area (Å²) < 4.78 is 13.0. The zero-order chi connectivity index (χ0) is 10.3. The van der Waals surface area contributed by atoms with E-state index in [0.29, 0.717) is 0 Å². The Hall–Kier alpha value is -1.49. The van der Waals surface area contributed by atoms with Gasteiger partial charge in [0.1, 0.15) is 21.9 Å². The smallest absolute Gasteiger partial charge is 0.138 e. The Morgan fingerprint density at radius 1 is 1.33 bits per heavy atom. The molecule has 0 saturated heterocycles. The Labute approximate surface area is 89.8 Å². The van der Waals surface area contributed by atoms with Gasteiger partial charge in [-0.05, 0) is 23.9 Å². The van der Waals surface area contributed by atoms with Crippen molar-refractivity contribution in [1.29, 1.82) is 0 Å². The molecule has 2 heterocycles. The summed E-state index contributed by atoms with van der Waals surface area (Å²) in [7, 11) is 0. The van der Waals surface area contributed by atoms with Crippen LogP contribution >= 0.6 is 11.8 Å². The largest absolute Gasteiger partial charge is 0.261 e. The van der Waals surface area contributed by atoms with Gasteiger partial charge in [0.05, 0.1) is 6.21 Å². The summed E-state index contributed by atoms with van der Waals surface area (Å²) in [6.07, 6.45) is 1.69. The van der Waals surface area contributed by atoms with E-state index in [2.05, 4.69) is 15.2 Å². The number of benzene rings is 1. The van der Waals surface area contributed by atoms with E-state index < -0.39 is 0 Å². The first kappa shape index (κ1) is 8.79. The van der Waals surface area contributed by atoms with Gasteiger partial charge in [0.2, 0.25) is 0 Å². The van der Waals surface area contributed by atoms with Crippen LogP contribution in [0.3, 0.4) is 0 Å². The van der Waals surface area contributed by atoms with E-state index in [1.807, 2.05) is 6.07 Å².